The van der Waals surface area contributed by atoms with E-state index in [0.29, 0.717) is 0 Å². The number of para-hydroxylation sites is 2. The molecular formula is C52H38N2. The van der Waals surface area contributed by atoms with E-state index < -0.39 is 0 Å². The average Bonchev–Trinajstić information content (AvgIpc) is 3.72. The van der Waals surface area contributed by atoms with Gasteiger partial charge in [-0.15, -0.1) is 0 Å². The maximum absolute atomic E-state index is 4.47. The summed E-state index contributed by atoms with van der Waals surface area (Å²) in [6, 6.07) is 57.4. The van der Waals surface area contributed by atoms with Crippen LogP contribution in [-0.4, -0.2) is 9.13 Å². The second kappa shape index (κ2) is 13.3. The third-order valence-electron chi connectivity index (χ3n) is 10.8. The van der Waals surface area contributed by atoms with E-state index in [2.05, 4.69) is 210 Å². The van der Waals surface area contributed by atoms with Crippen molar-refractivity contribution in [3.05, 3.63) is 217 Å². The molecule has 0 aliphatic heterocycles. The molecule has 0 bridgehead atoms. The lowest BCUT2D eigenvalue weighted by Gasteiger charge is -2.14. The summed E-state index contributed by atoms with van der Waals surface area (Å²) in [5.74, 6) is 0. The molecule has 1 aliphatic carbocycles. The highest BCUT2D eigenvalue weighted by Crippen LogP contribution is 2.44. The standard InChI is InChI=1S/C52H38N2/c1-36-18-6-2-9-21-38(31-37-19-7-3-8-20-37)32-41(30-36)53-49-29-17-16-27-43(49)46-34-47-48-33-45(39-22-10-4-11-23-39)42-26-14-15-28-44(42)52(48)54(51(47)35-50(46)53)40-24-12-5-13-25-40/h2-20,22-30,32-35H,1,21,31H2/b9-2-,18-6-,38-32+,41-30+. The first-order valence-electron chi connectivity index (χ1n) is 18.7. The summed E-state index contributed by atoms with van der Waals surface area (Å²) >= 11 is 0. The lowest BCUT2D eigenvalue weighted by molar-refractivity contribution is 1.06. The second-order valence-corrected chi connectivity index (χ2v) is 14.2. The summed E-state index contributed by atoms with van der Waals surface area (Å²) in [6.45, 7) is 4.47. The molecule has 2 heteroatoms. The van der Waals surface area contributed by atoms with Gasteiger partial charge in [-0.2, -0.15) is 0 Å². The van der Waals surface area contributed by atoms with Crippen LogP contribution in [0.15, 0.2) is 212 Å². The van der Waals surface area contributed by atoms with Crippen LogP contribution in [-0.2, 0) is 6.42 Å². The van der Waals surface area contributed by atoms with Gasteiger partial charge < -0.3 is 9.13 Å². The molecular weight excluding hydrogens is 653 g/mol. The molecule has 0 unspecified atom stereocenters. The molecule has 2 nitrogen and oxygen atoms in total. The fourth-order valence-electron chi connectivity index (χ4n) is 8.45. The van der Waals surface area contributed by atoms with Crippen LogP contribution in [0.25, 0.3) is 76.9 Å². The lowest BCUT2D eigenvalue weighted by Crippen LogP contribution is -1.99. The number of fused-ring (bicyclic) bond motifs is 8. The topological polar surface area (TPSA) is 9.86 Å². The monoisotopic (exact) mass is 690 g/mol. The number of nitrogens with zero attached hydrogens (tertiary/aromatic N) is 2. The van der Waals surface area contributed by atoms with Crippen LogP contribution >= 0.6 is 0 Å². The Kier molecular flexibility index (Phi) is 7.81. The van der Waals surface area contributed by atoms with Gasteiger partial charge >= 0.3 is 0 Å². The Morgan fingerprint density at radius 1 is 0.500 bits per heavy atom. The molecule has 2 heterocycles. The number of hydrogen-bond donors (Lipinski definition) is 0. The van der Waals surface area contributed by atoms with Crippen molar-refractivity contribution in [3.63, 3.8) is 0 Å². The first-order valence-corrected chi connectivity index (χ1v) is 18.7. The molecule has 1 aliphatic rings. The van der Waals surface area contributed by atoms with Crippen LogP contribution in [0.4, 0.5) is 0 Å². The number of aromatic nitrogens is 2. The molecule has 0 atom stereocenters. The van der Waals surface area contributed by atoms with Gasteiger partial charge in [0, 0.05) is 38.3 Å². The molecule has 256 valence electrons. The molecule has 10 rings (SSSR count). The molecule has 0 fully saturated rings. The predicted octanol–water partition coefficient (Wildman–Crippen LogP) is 13.8. The molecule has 0 radical (unpaired) electrons. The maximum atomic E-state index is 4.47. The molecule has 0 spiro atoms. The second-order valence-electron chi connectivity index (χ2n) is 14.2. The van der Waals surface area contributed by atoms with E-state index in [0.717, 1.165) is 29.8 Å². The summed E-state index contributed by atoms with van der Waals surface area (Å²) < 4.78 is 4.94. The van der Waals surface area contributed by atoms with Crippen molar-refractivity contribution < 1.29 is 0 Å². The third kappa shape index (κ3) is 5.43. The zero-order valence-electron chi connectivity index (χ0n) is 30.0. The number of benzene rings is 7. The Balaban J connectivity index is 1.32. The third-order valence-corrected chi connectivity index (χ3v) is 10.8. The van der Waals surface area contributed by atoms with Crippen molar-refractivity contribution in [3.8, 4) is 16.8 Å². The van der Waals surface area contributed by atoms with Gasteiger partial charge in [0.1, 0.15) is 0 Å². The Hall–Kier alpha value is -6.90. The highest BCUT2D eigenvalue weighted by molar-refractivity contribution is 6.25. The van der Waals surface area contributed by atoms with Gasteiger partial charge in [-0.05, 0) is 89.0 Å². The van der Waals surface area contributed by atoms with E-state index in [-0.39, 0.29) is 0 Å². The zero-order chi connectivity index (χ0) is 36.0. The minimum atomic E-state index is 0.865. The first-order chi connectivity index (χ1) is 26.7. The quantitative estimate of drug-likeness (QED) is 0.170. The lowest BCUT2D eigenvalue weighted by atomic mass is 9.95. The molecule has 7 aromatic carbocycles. The van der Waals surface area contributed by atoms with Crippen LogP contribution in [0.2, 0.25) is 0 Å². The van der Waals surface area contributed by atoms with Crippen LogP contribution in [0.5, 0.6) is 0 Å². The van der Waals surface area contributed by atoms with Crippen molar-refractivity contribution in [2.45, 2.75) is 12.8 Å². The normalized spacial score (nSPS) is 16.8. The molecule has 0 saturated carbocycles. The summed E-state index contributed by atoms with van der Waals surface area (Å²) in [5.41, 5.74) is 13.1. The molecule has 0 N–H and O–H groups in total. The van der Waals surface area contributed by atoms with Gasteiger partial charge in [0.2, 0.25) is 0 Å². The largest absolute Gasteiger partial charge is 0.309 e. The minimum absolute atomic E-state index is 0.865. The fourth-order valence-corrected chi connectivity index (χ4v) is 8.45. The fraction of sp³-hybridized carbons (Fsp3) is 0.0385. The van der Waals surface area contributed by atoms with Gasteiger partial charge in [-0.25, -0.2) is 0 Å². The molecule has 2 aromatic heterocycles. The summed E-state index contributed by atoms with van der Waals surface area (Å²) in [7, 11) is 0. The van der Waals surface area contributed by atoms with Gasteiger partial charge in [0.25, 0.3) is 0 Å². The number of rotatable bonds is 5. The van der Waals surface area contributed by atoms with Crippen molar-refractivity contribution >= 4 is 60.1 Å². The smallest absolute Gasteiger partial charge is 0.0619 e. The number of allylic oxidation sites excluding steroid dienone is 9. The van der Waals surface area contributed by atoms with Crippen molar-refractivity contribution in [2.24, 2.45) is 0 Å². The Morgan fingerprint density at radius 2 is 1.15 bits per heavy atom. The van der Waals surface area contributed by atoms with E-state index in [1.807, 2.05) is 0 Å². The van der Waals surface area contributed by atoms with E-state index in [4.69, 9.17) is 0 Å². The maximum Gasteiger partial charge on any atom is 0.0619 e. The molecule has 0 amide bonds. The Bertz CT molecular complexity index is 3020. The summed E-state index contributed by atoms with van der Waals surface area (Å²) in [6.07, 6.45) is 15.0. The van der Waals surface area contributed by atoms with Crippen LogP contribution in [0, 0.1) is 0 Å². The van der Waals surface area contributed by atoms with Gasteiger partial charge in [-0.1, -0.05) is 158 Å². The predicted molar refractivity (Wildman–Crippen MR) is 231 cm³/mol. The SMILES string of the molecule is C=C1/C=C\C=C/C/C(Cc2ccccc2)=C\C(n2c3ccccc3c3cc4c5cc(-c6ccccc6)c6ccccc6c5n(-c5ccccc5)c4cc32)=C/1. The zero-order valence-corrected chi connectivity index (χ0v) is 30.0. The van der Waals surface area contributed by atoms with Gasteiger partial charge in [-0.3, -0.25) is 0 Å². The highest BCUT2D eigenvalue weighted by atomic mass is 15.0. The minimum Gasteiger partial charge on any atom is -0.309 e. The molecule has 9 aromatic rings. The van der Waals surface area contributed by atoms with Crippen molar-refractivity contribution in [2.75, 3.05) is 0 Å². The Morgan fingerprint density at radius 3 is 1.94 bits per heavy atom. The Labute approximate surface area is 315 Å². The van der Waals surface area contributed by atoms with E-state index >= 15 is 0 Å². The van der Waals surface area contributed by atoms with E-state index in [9.17, 15) is 0 Å². The van der Waals surface area contributed by atoms with Gasteiger partial charge in [0.15, 0.2) is 0 Å². The average molecular weight is 691 g/mol. The van der Waals surface area contributed by atoms with Crippen LogP contribution < -0.4 is 0 Å². The van der Waals surface area contributed by atoms with Crippen LogP contribution in [0.1, 0.15) is 12.0 Å². The highest BCUT2D eigenvalue weighted by Gasteiger charge is 2.22. The van der Waals surface area contributed by atoms with Crippen molar-refractivity contribution in [1.29, 1.82) is 0 Å². The van der Waals surface area contributed by atoms with Crippen molar-refractivity contribution in [1.82, 2.24) is 9.13 Å². The summed E-state index contributed by atoms with van der Waals surface area (Å²) in [4.78, 5) is 0. The van der Waals surface area contributed by atoms with E-state index in [1.54, 1.807) is 0 Å². The van der Waals surface area contributed by atoms with E-state index in [1.165, 1.54) is 76.6 Å². The summed E-state index contributed by atoms with van der Waals surface area (Å²) in [5, 5.41) is 7.45. The van der Waals surface area contributed by atoms with Crippen LogP contribution in [0.3, 0.4) is 0 Å². The first kappa shape index (κ1) is 31.8. The number of hydrogen-bond acceptors (Lipinski definition) is 0. The van der Waals surface area contributed by atoms with Gasteiger partial charge in [0.05, 0.1) is 22.1 Å². The molecule has 0 saturated heterocycles. The molecule has 54 heavy (non-hydrogen) atoms.